The van der Waals surface area contributed by atoms with Gasteiger partial charge in [0.1, 0.15) is 27.9 Å². The number of furan rings is 2. The molecule has 0 aliphatic rings. The monoisotopic (exact) mass is 659 g/mol. The van der Waals surface area contributed by atoms with Crippen molar-refractivity contribution in [2.24, 2.45) is 0 Å². The summed E-state index contributed by atoms with van der Waals surface area (Å²) in [4.78, 5) is 15.4. The van der Waals surface area contributed by atoms with Gasteiger partial charge in [-0.2, -0.15) is 0 Å². The maximum Gasteiger partial charge on any atom is 0.232 e. The molecule has 0 fully saturated rings. The second-order valence-electron chi connectivity index (χ2n) is 12.5. The number of allylic oxidation sites excluding steroid dienone is 5. The van der Waals surface area contributed by atoms with Gasteiger partial charge in [-0.25, -0.2) is 19.5 Å². The first-order valence-corrected chi connectivity index (χ1v) is 16.9. The van der Waals surface area contributed by atoms with Crippen molar-refractivity contribution in [2.45, 2.75) is 6.92 Å². The van der Waals surface area contributed by atoms with Crippen LogP contribution >= 0.6 is 0 Å². The van der Waals surface area contributed by atoms with E-state index >= 15 is 0 Å². The Morgan fingerprint density at radius 3 is 2.27 bits per heavy atom. The molecule has 5 aromatic heterocycles. The first-order chi connectivity index (χ1) is 25.2. The summed E-state index contributed by atoms with van der Waals surface area (Å²) in [5.74, 6) is 1.41. The molecule has 0 aliphatic heterocycles. The van der Waals surface area contributed by atoms with Crippen LogP contribution in [0.15, 0.2) is 161 Å². The van der Waals surface area contributed by atoms with E-state index < -0.39 is 0 Å². The van der Waals surface area contributed by atoms with E-state index in [1.165, 1.54) is 0 Å². The van der Waals surface area contributed by atoms with E-state index in [0.717, 1.165) is 83.4 Å². The molecule has 0 unspecified atom stereocenters. The molecule has 0 N–H and O–H groups in total. The topological polar surface area (TPSA) is 74.3 Å². The van der Waals surface area contributed by atoms with Crippen molar-refractivity contribution in [2.75, 3.05) is 0 Å². The van der Waals surface area contributed by atoms with E-state index in [4.69, 9.17) is 23.8 Å². The molecule has 0 saturated heterocycles. The Kier molecular flexibility index (Phi) is 6.41. The van der Waals surface area contributed by atoms with Crippen LogP contribution in [0, 0.1) is 0 Å². The van der Waals surface area contributed by atoms with Crippen molar-refractivity contribution in [1.82, 2.24) is 23.9 Å². The van der Waals surface area contributed by atoms with Gasteiger partial charge in [0, 0.05) is 21.9 Å². The van der Waals surface area contributed by atoms with Gasteiger partial charge >= 0.3 is 0 Å². The highest BCUT2D eigenvalue weighted by Gasteiger charge is 2.23. The minimum absolute atomic E-state index is 0.610. The lowest BCUT2D eigenvalue weighted by molar-refractivity contribution is 0.645. The number of aromatic nitrogens is 5. The Labute approximate surface area is 291 Å². The molecule has 0 spiro atoms. The molecule has 0 saturated carbocycles. The van der Waals surface area contributed by atoms with Crippen molar-refractivity contribution >= 4 is 66.7 Å². The van der Waals surface area contributed by atoms with E-state index in [1.54, 1.807) is 6.08 Å². The van der Waals surface area contributed by atoms with Crippen LogP contribution in [0.2, 0.25) is 0 Å². The first-order valence-electron chi connectivity index (χ1n) is 16.9. The molecule has 0 bridgehead atoms. The Morgan fingerprint density at radius 2 is 1.45 bits per heavy atom. The van der Waals surface area contributed by atoms with Crippen LogP contribution in [-0.4, -0.2) is 23.9 Å². The van der Waals surface area contributed by atoms with Crippen LogP contribution in [0.4, 0.5) is 0 Å². The van der Waals surface area contributed by atoms with Crippen LogP contribution in [0.5, 0.6) is 0 Å². The summed E-state index contributed by atoms with van der Waals surface area (Å²) in [7, 11) is 0. The zero-order valence-corrected chi connectivity index (χ0v) is 27.6. The number of imidazole rings is 2. The highest BCUT2D eigenvalue weighted by Crippen LogP contribution is 2.38. The number of hydrogen-bond acceptors (Lipinski definition) is 5. The summed E-state index contributed by atoms with van der Waals surface area (Å²) < 4.78 is 17.1. The third kappa shape index (κ3) is 4.41. The van der Waals surface area contributed by atoms with Crippen molar-refractivity contribution < 1.29 is 8.83 Å². The van der Waals surface area contributed by atoms with Gasteiger partial charge in [0.25, 0.3) is 0 Å². The van der Waals surface area contributed by atoms with E-state index in [-0.39, 0.29) is 0 Å². The lowest BCUT2D eigenvalue weighted by Gasteiger charge is -2.08. The number of para-hydroxylation sites is 3. The Balaban J connectivity index is 1.15. The molecule has 0 radical (unpaired) electrons. The Bertz CT molecular complexity index is 3060. The average Bonchev–Trinajstić information content (AvgIpc) is 3.92. The van der Waals surface area contributed by atoms with Crippen molar-refractivity contribution in [1.29, 1.82) is 0 Å². The van der Waals surface area contributed by atoms with E-state index in [2.05, 4.69) is 64.1 Å². The standard InChI is InChI=1S/C44H29N5O2/c1-3-5-14-27(4-2)38-41-39(32-19-9-11-21-36(32)50-41)47-42(46-38)30-16-13-15-28(25-30)29-23-24-35-34(26-29)45-44-48(31-17-7-6-8-18-31)43-40(49(35)44)33-20-10-12-22-37(33)51-43/h3-26H,2H2,1H3/b5-3-,27-14+. The average molecular weight is 660 g/mol. The fraction of sp³-hybridized carbons (Fsp3) is 0.0227. The third-order valence-corrected chi connectivity index (χ3v) is 9.46. The van der Waals surface area contributed by atoms with Gasteiger partial charge in [-0.15, -0.1) is 0 Å². The predicted molar refractivity (Wildman–Crippen MR) is 206 cm³/mol. The molecule has 51 heavy (non-hydrogen) atoms. The van der Waals surface area contributed by atoms with Crippen molar-refractivity contribution in [3.63, 3.8) is 0 Å². The SMILES string of the molecule is C=C/C(=C\C=C/C)c1nc(-c2cccc(-c3ccc4c(c3)nc3n(-c5ccccc5)c5oc6ccccc6c5n43)c2)nc2c1oc1ccccc12. The molecule has 7 heteroatoms. The number of hydrogen-bond donors (Lipinski definition) is 0. The minimum atomic E-state index is 0.610. The van der Waals surface area contributed by atoms with Crippen LogP contribution < -0.4 is 0 Å². The maximum atomic E-state index is 6.45. The van der Waals surface area contributed by atoms with E-state index in [9.17, 15) is 0 Å². The van der Waals surface area contributed by atoms with Crippen LogP contribution in [0.25, 0.3) is 94.9 Å². The highest BCUT2D eigenvalue weighted by molar-refractivity contribution is 6.07. The lowest BCUT2D eigenvalue weighted by Crippen LogP contribution is -1.96. The first kappa shape index (κ1) is 29.0. The van der Waals surface area contributed by atoms with Gasteiger partial charge in [-0.3, -0.25) is 4.40 Å². The van der Waals surface area contributed by atoms with E-state index in [1.807, 2.05) is 97.9 Å². The molecule has 10 aromatic rings. The molecule has 0 amide bonds. The van der Waals surface area contributed by atoms with Crippen LogP contribution in [0.3, 0.4) is 0 Å². The zero-order chi connectivity index (χ0) is 34.1. The molecule has 10 rings (SSSR count). The summed E-state index contributed by atoms with van der Waals surface area (Å²) >= 11 is 0. The van der Waals surface area contributed by atoms with Crippen LogP contribution in [-0.2, 0) is 0 Å². The maximum absolute atomic E-state index is 6.45. The highest BCUT2D eigenvalue weighted by atomic mass is 16.3. The number of benzene rings is 5. The van der Waals surface area contributed by atoms with Crippen molar-refractivity contribution in [3.8, 4) is 28.2 Å². The van der Waals surface area contributed by atoms with Gasteiger partial charge < -0.3 is 8.83 Å². The van der Waals surface area contributed by atoms with Gasteiger partial charge in [-0.1, -0.05) is 97.6 Å². The molecule has 0 aliphatic carbocycles. The smallest absolute Gasteiger partial charge is 0.232 e. The summed E-state index contributed by atoms with van der Waals surface area (Å²) in [5, 5.41) is 1.99. The number of rotatable bonds is 6. The summed E-state index contributed by atoms with van der Waals surface area (Å²) in [5.41, 5.74) is 12.2. The Hall–Kier alpha value is -6.99. The molecule has 5 heterocycles. The quantitative estimate of drug-likeness (QED) is 0.166. The molecule has 0 atom stereocenters. The molecule has 7 nitrogen and oxygen atoms in total. The summed E-state index contributed by atoms with van der Waals surface area (Å²) in [6.07, 6.45) is 7.76. The van der Waals surface area contributed by atoms with Gasteiger partial charge in [0.15, 0.2) is 11.4 Å². The molecule has 5 aromatic carbocycles. The Morgan fingerprint density at radius 1 is 0.706 bits per heavy atom. The van der Waals surface area contributed by atoms with Crippen LogP contribution in [0.1, 0.15) is 12.6 Å². The lowest BCUT2D eigenvalue weighted by atomic mass is 10.0. The van der Waals surface area contributed by atoms with E-state index in [0.29, 0.717) is 17.1 Å². The zero-order valence-electron chi connectivity index (χ0n) is 27.6. The fourth-order valence-corrected chi connectivity index (χ4v) is 7.10. The second-order valence-corrected chi connectivity index (χ2v) is 12.5. The normalized spacial score (nSPS) is 12.5. The largest absolute Gasteiger partial charge is 0.452 e. The fourth-order valence-electron chi connectivity index (χ4n) is 7.10. The molecular formula is C44H29N5O2. The second kappa shape index (κ2) is 11.3. The number of nitrogens with zero attached hydrogens (tertiary/aromatic N) is 5. The predicted octanol–water partition coefficient (Wildman–Crippen LogP) is 11.3. The molecule has 242 valence electrons. The third-order valence-electron chi connectivity index (χ3n) is 9.46. The van der Waals surface area contributed by atoms with Gasteiger partial charge in [0.2, 0.25) is 11.5 Å². The summed E-state index contributed by atoms with van der Waals surface area (Å²) in [6.45, 7) is 6.06. The van der Waals surface area contributed by atoms with Gasteiger partial charge in [-0.05, 0) is 72.6 Å². The summed E-state index contributed by atoms with van der Waals surface area (Å²) in [6, 6.07) is 41.2. The minimum Gasteiger partial charge on any atom is -0.452 e. The van der Waals surface area contributed by atoms with Gasteiger partial charge in [0.05, 0.1) is 16.7 Å². The molecular weight excluding hydrogens is 631 g/mol. The number of fused-ring (bicyclic) bond motifs is 10. The van der Waals surface area contributed by atoms with Crippen molar-refractivity contribution in [3.05, 3.63) is 158 Å².